The summed E-state index contributed by atoms with van der Waals surface area (Å²) in [5, 5.41) is 2.45. The highest BCUT2D eigenvalue weighted by molar-refractivity contribution is 6.20. The third-order valence-corrected chi connectivity index (χ3v) is 17.3. The summed E-state index contributed by atoms with van der Waals surface area (Å²) < 4.78 is 2.45. The second-order valence-electron chi connectivity index (χ2n) is 22.5. The smallest absolute Gasteiger partial charge is 0.235 e. The minimum absolute atomic E-state index is 0.0816. The van der Waals surface area contributed by atoms with Gasteiger partial charge in [-0.25, -0.2) is 9.98 Å². The van der Waals surface area contributed by atoms with Crippen LogP contribution in [0.4, 0.5) is 0 Å². The van der Waals surface area contributed by atoms with Gasteiger partial charge in [0.1, 0.15) is 0 Å². The van der Waals surface area contributed by atoms with Gasteiger partial charge in [-0.2, -0.15) is 0 Å². The van der Waals surface area contributed by atoms with Gasteiger partial charge >= 0.3 is 0 Å². The Kier molecular flexibility index (Phi) is 15.3. The molecule has 0 N–H and O–H groups in total. The van der Waals surface area contributed by atoms with Crippen molar-refractivity contribution < 1.29 is 0 Å². The molecule has 0 radical (unpaired) electrons. The van der Waals surface area contributed by atoms with Crippen LogP contribution in [0.5, 0.6) is 0 Å². The number of hydrogen-bond donors (Lipinski definition) is 0. The van der Waals surface area contributed by atoms with Gasteiger partial charge in [-0.3, -0.25) is 4.57 Å². The lowest BCUT2D eigenvalue weighted by Crippen LogP contribution is -2.16. The number of para-hydroxylation sites is 1. The molecule has 83 heavy (non-hydrogen) atoms. The summed E-state index contributed by atoms with van der Waals surface area (Å²) in [4.78, 5) is 11.7. The van der Waals surface area contributed by atoms with Crippen molar-refractivity contribution in [3.8, 4) is 44.5 Å². The van der Waals surface area contributed by atoms with E-state index in [4.69, 9.17) is 16.6 Å². The minimum Gasteiger partial charge on any atom is -0.278 e. The molecule has 1 heterocycles. The highest BCUT2D eigenvalue weighted by Gasteiger charge is 2.31. The Bertz CT molecular complexity index is 4280. The monoisotopic (exact) mass is 1070 g/mol. The first-order valence-corrected chi connectivity index (χ1v) is 29.9. The molecule has 0 saturated carbocycles. The maximum absolute atomic E-state index is 5.97. The Hall–Kier alpha value is -9.44. The van der Waals surface area contributed by atoms with Crippen LogP contribution in [0.2, 0.25) is 0 Å². The molecule has 0 saturated heterocycles. The van der Waals surface area contributed by atoms with E-state index >= 15 is 0 Å². The lowest BCUT2D eigenvalue weighted by atomic mass is 9.80. The number of aliphatic imine (C=N–C) groups is 2. The van der Waals surface area contributed by atoms with Crippen LogP contribution in [0.1, 0.15) is 101 Å². The summed E-state index contributed by atoms with van der Waals surface area (Å²) in [5.74, 6) is 0.686. The van der Waals surface area contributed by atoms with Crippen molar-refractivity contribution in [3.63, 3.8) is 0 Å². The summed E-state index contributed by atoms with van der Waals surface area (Å²) in [6, 6.07) is 87.1. The van der Waals surface area contributed by atoms with Gasteiger partial charge in [0.15, 0.2) is 0 Å². The second-order valence-corrected chi connectivity index (χ2v) is 22.5. The normalized spacial score (nSPS) is 14.3. The van der Waals surface area contributed by atoms with Crippen LogP contribution in [0, 0.1) is 6.92 Å². The number of aromatic nitrogens is 1. The van der Waals surface area contributed by atoms with E-state index < -0.39 is 0 Å². The Labute approximate surface area is 490 Å². The molecule has 11 aromatic rings. The van der Waals surface area contributed by atoms with Crippen molar-refractivity contribution in [2.24, 2.45) is 9.98 Å². The molecule has 13 rings (SSSR count). The van der Waals surface area contributed by atoms with Crippen LogP contribution < -0.4 is 0 Å². The fraction of sp³-hybridized carbons (Fsp3) is 0.150. The van der Waals surface area contributed by atoms with E-state index in [9.17, 15) is 0 Å². The van der Waals surface area contributed by atoms with E-state index in [1.165, 1.54) is 94.2 Å². The fourth-order valence-corrected chi connectivity index (χ4v) is 12.9. The first-order chi connectivity index (χ1) is 41.0. The van der Waals surface area contributed by atoms with E-state index in [1.54, 1.807) is 0 Å². The summed E-state index contributed by atoms with van der Waals surface area (Å²) in [6.45, 7) is 9.35. The van der Waals surface area contributed by atoms with Gasteiger partial charge in [0, 0.05) is 16.7 Å². The number of unbranched alkanes of at least 4 members (excludes halogenated alkanes) is 1. The summed E-state index contributed by atoms with van der Waals surface area (Å²) in [5.41, 5.74) is 26.2. The molecule has 0 spiro atoms. The van der Waals surface area contributed by atoms with E-state index in [1.807, 2.05) is 0 Å². The highest BCUT2D eigenvalue weighted by Crippen LogP contribution is 2.49. The number of hydrogen-bond acceptors (Lipinski definition) is 1. The van der Waals surface area contributed by atoms with Gasteiger partial charge < -0.3 is 0 Å². The molecule has 404 valence electrons. The molecular weight excluding hydrogens is 1000 g/mol. The molecule has 3 heteroatoms. The fourth-order valence-electron chi connectivity index (χ4n) is 12.9. The first-order valence-electron chi connectivity index (χ1n) is 29.9. The molecule has 0 amide bonds. The minimum atomic E-state index is 0.0816. The zero-order chi connectivity index (χ0) is 56.1. The molecule has 10 aromatic carbocycles. The largest absolute Gasteiger partial charge is 0.278 e. The number of benzene rings is 10. The second kappa shape index (κ2) is 23.9. The molecule has 2 aliphatic carbocycles. The first kappa shape index (κ1) is 52.9. The van der Waals surface area contributed by atoms with Crippen LogP contribution >= 0.6 is 0 Å². The van der Waals surface area contributed by atoms with E-state index in [0.717, 1.165) is 91.2 Å². The van der Waals surface area contributed by atoms with Crippen molar-refractivity contribution in [1.82, 2.24) is 4.57 Å². The predicted octanol–water partition coefficient (Wildman–Crippen LogP) is 20.9. The van der Waals surface area contributed by atoms with Crippen molar-refractivity contribution in [1.29, 1.82) is 0 Å². The predicted molar refractivity (Wildman–Crippen MR) is 354 cm³/mol. The molecule has 2 aliphatic rings. The summed E-state index contributed by atoms with van der Waals surface area (Å²) in [7, 11) is 0. The summed E-state index contributed by atoms with van der Waals surface area (Å²) >= 11 is 0. The van der Waals surface area contributed by atoms with Crippen LogP contribution in [0.15, 0.2) is 271 Å². The van der Waals surface area contributed by atoms with Crippen molar-refractivity contribution in [2.75, 3.05) is 0 Å². The van der Waals surface area contributed by atoms with Crippen molar-refractivity contribution in [2.45, 2.75) is 77.6 Å². The van der Waals surface area contributed by atoms with Crippen LogP contribution in [-0.2, 0) is 19.3 Å². The number of rotatable bonds is 14. The van der Waals surface area contributed by atoms with Crippen molar-refractivity contribution in [3.05, 3.63) is 311 Å². The maximum atomic E-state index is 5.97. The zero-order valence-electron chi connectivity index (χ0n) is 47.7. The Balaban J connectivity index is 1.09. The van der Waals surface area contributed by atoms with E-state index in [-0.39, 0.29) is 5.92 Å². The van der Waals surface area contributed by atoms with Gasteiger partial charge in [0.25, 0.3) is 0 Å². The Morgan fingerprint density at radius 3 is 1.86 bits per heavy atom. The third kappa shape index (κ3) is 10.8. The van der Waals surface area contributed by atoms with Gasteiger partial charge in [0.2, 0.25) is 5.96 Å². The molecule has 1 aromatic heterocycles. The molecule has 0 fully saturated rings. The number of allylic oxidation sites excluding steroid dienone is 4. The van der Waals surface area contributed by atoms with Crippen LogP contribution in [0.3, 0.4) is 0 Å². The van der Waals surface area contributed by atoms with Crippen LogP contribution in [-0.4, -0.2) is 16.2 Å². The molecule has 1 atom stereocenters. The van der Waals surface area contributed by atoms with Gasteiger partial charge in [-0.15, -0.1) is 0 Å². The van der Waals surface area contributed by atoms with E-state index in [0.29, 0.717) is 11.7 Å². The molecule has 1 unspecified atom stereocenters. The van der Waals surface area contributed by atoms with E-state index in [2.05, 4.69) is 273 Å². The maximum Gasteiger partial charge on any atom is 0.235 e. The summed E-state index contributed by atoms with van der Waals surface area (Å²) in [6.07, 6.45) is 15.5. The van der Waals surface area contributed by atoms with Gasteiger partial charge in [-0.05, 0) is 171 Å². The quantitative estimate of drug-likeness (QED) is 0.0767. The lowest BCUT2D eigenvalue weighted by molar-refractivity contribution is 0.731. The molecule has 3 nitrogen and oxygen atoms in total. The van der Waals surface area contributed by atoms with Gasteiger partial charge in [-0.1, -0.05) is 263 Å². The van der Waals surface area contributed by atoms with Crippen LogP contribution in [0.25, 0.3) is 77.6 Å². The lowest BCUT2D eigenvalue weighted by Gasteiger charge is -2.24. The molecular formula is C80H69N3. The average Bonchev–Trinajstić information content (AvgIpc) is 4.08. The SMILES string of the molecule is C=C(N=C(N=C(CCCC)c1ccc(-c2ccccc2)cc1)n1c2ccccc2c2c(C3CCc4ccccc4-c4ccccc43)cc(-c3ccccc3C)c(CCc3ccc(C4=CCCC=C4)cc3)c21)c1ccc(-c2ccccc2)cc1. The standard InChI is InChI=1S/C80H69N3/c1-4-5-36-76(66-49-47-64(48-50-66)61-28-13-8-14-29-61)82-80(81-56(3)58-43-45-63(46-44-58)60-26-11-7-12-27-60)83-77-37-22-21-35-73(77)78-75(71-53-51-65-30-16-18-32-68(65)69-33-19-20-34-70(69)71)54-74(67-31-17-15-23-55(67)2)72(79(78)83)52-40-57-38-41-62(42-39-57)59-24-9-6-10-25-59/h7-9,11-35,37-39,41-50,54,71H,3-6,10,36,40,51-53H2,1-2H3. The van der Waals surface area contributed by atoms with Gasteiger partial charge in [0.05, 0.1) is 22.4 Å². The molecule has 0 bridgehead atoms. The molecule has 0 aliphatic heterocycles. The zero-order valence-corrected chi connectivity index (χ0v) is 47.7. The number of nitrogens with zero attached hydrogens (tertiary/aromatic N) is 3. The third-order valence-electron chi connectivity index (χ3n) is 17.3. The highest BCUT2D eigenvalue weighted by atomic mass is 15.2. The van der Waals surface area contributed by atoms with Crippen molar-refractivity contribution >= 4 is 44.7 Å². The average molecular weight is 1070 g/mol. The Morgan fingerprint density at radius 2 is 1.16 bits per heavy atom. The number of fused-ring (bicyclic) bond motifs is 6. The number of aryl methyl sites for hydroxylation is 4. The topological polar surface area (TPSA) is 29.6 Å². The Morgan fingerprint density at radius 1 is 0.542 bits per heavy atom.